The van der Waals surface area contributed by atoms with E-state index >= 15 is 0 Å². The van der Waals surface area contributed by atoms with Crippen molar-refractivity contribution in [1.82, 2.24) is 14.8 Å². The number of aliphatic hydroxyl groups is 1. The highest BCUT2D eigenvalue weighted by Crippen LogP contribution is 2.33. The van der Waals surface area contributed by atoms with Gasteiger partial charge in [0.15, 0.2) is 0 Å². The molecule has 1 aromatic heterocycles. The van der Waals surface area contributed by atoms with E-state index in [9.17, 15) is 9.90 Å². The molecule has 1 amide bonds. The summed E-state index contributed by atoms with van der Waals surface area (Å²) in [6.07, 6.45) is 8.95. The Hall–Kier alpha value is -2.64. The van der Waals surface area contributed by atoms with Crippen molar-refractivity contribution in [3.63, 3.8) is 0 Å². The Labute approximate surface area is 221 Å². The highest BCUT2D eigenvalue weighted by atomic mass is 16.5. The molecule has 3 fully saturated rings. The number of anilines is 1. The van der Waals surface area contributed by atoms with Crippen LogP contribution in [0.1, 0.15) is 61.7 Å². The molecule has 37 heavy (non-hydrogen) atoms. The van der Waals surface area contributed by atoms with Gasteiger partial charge in [0.25, 0.3) is 5.91 Å². The van der Waals surface area contributed by atoms with E-state index in [1.807, 2.05) is 41.3 Å². The molecule has 3 saturated heterocycles. The number of pyridine rings is 1. The number of hydrogen-bond donors (Lipinski definition) is 1. The van der Waals surface area contributed by atoms with Gasteiger partial charge in [0.1, 0.15) is 11.6 Å². The Kier molecular flexibility index (Phi) is 8.62. The van der Waals surface area contributed by atoms with Crippen LogP contribution in [0, 0.1) is 5.92 Å². The van der Waals surface area contributed by atoms with Gasteiger partial charge in [0.05, 0.1) is 18.4 Å². The summed E-state index contributed by atoms with van der Waals surface area (Å²) in [5, 5.41) is 9.67. The van der Waals surface area contributed by atoms with Gasteiger partial charge >= 0.3 is 0 Å². The standard InChI is InChI=1S/C30H42N4O3/c1-37-28-11-5-4-10-25(28)27-13-12-26(30(36)33-16-6-2-3-7-17-33)29(31-27)32-19-14-24(15-20-32)34-18-8-9-23(21-34)22-35/h4-5,10-13,23-24,35H,2-3,6-9,14-22H2,1H3/t23-/m1/s1. The van der Waals surface area contributed by atoms with Crippen LogP contribution in [-0.4, -0.2) is 84.8 Å². The van der Waals surface area contributed by atoms with E-state index in [0.717, 1.165) is 99.8 Å². The summed E-state index contributed by atoms with van der Waals surface area (Å²) in [5.41, 5.74) is 2.50. The minimum Gasteiger partial charge on any atom is -0.496 e. The second kappa shape index (κ2) is 12.3. The Balaban J connectivity index is 1.41. The maximum absolute atomic E-state index is 13.8. The van der Waals surface area contributed by atoms with Gasteiger partial charge in [-0.05, 0) is 75.3 Å². The van der Waals surface area contributed by atoms with Gasteiger partial charge in [-0.3, -0.25) is 9.69 Å². The molecule has 1 atom stereocenters. The van der Waals surface area contributed by atoms with Crippen LogP contribution < -0.4 is 9.64 Å². The maximum atomic E-state index is 13.8. The van der Waals surface area contributed by atoms with E-state index in [0.29, 0.717) is 12.0 Å². The third-order valence-electron chi connectivity index (χ3n) is 8.47. The van der Waals surface area contributed by atoms with E-state index in [1.54, 1.807) is 7.11 Å². The van der Waals surface area contributed by atoms with Crippen molar-refractivity contribution >= 4 is 11.7 Å². The Morgan fingerprint density at radius 3 is 2.43 bits per heavy atom. The van der Waals surface area contributed by atoms with Gasteiger partial charge in [0, 0.05) is 50.9 Å². The molecule has 200 valence electrons. The molecule has 0 spiro atoms. The van der Waals surface area contributed by atoms with E-state index in [-0.39, 0.29) is 12.5 Å². The molecule has 2 aromatic rings. The molecule has 0 bridgehead atoms. The number of hydrogen-bond acceptors (Lipinski definition) is 6. The number of aliphatic hydroxyl groups excluding tert-OH is 1. The molecule has 7 nitrogen and oxygen atoms in total. The summed E-state index contributed by atoms with van der Waals surface area (Å²) < 4.78 is 5.62. The normalized spacial score (nSPS) is 22.1. The lowest BCUT2D eigenvalue weighted by atomic mass is 9.94. The number of nitrogens with zero attached hydrogens (tertiary/aromatic N) is 4. The minimum atomic E-state index is 0.111. The fraction of sp³-hybridized carbons (Fsp3) is 0.600. The highest BCUT2D eigenvalue weighted by molar-refractivity contribution is 5.99. The van der Waals surface area contributed by atoms with Gasteiger partial charge in [-0.2, -0.15) is 0 Å². The van der Waals surface area contributed by atoms with E-state index in [2.05, 4.69) is 9.80 Å². The zero-order chi connectivity index (χ0) is 25.6. The molecule has 1 aromatic carbocycles. The minimum absolute atomic E-state index is 0.111. The first-order chi connectivity index (χ1) is 18.2. The second-order valence-corrected chi connectivity index (χ2v) is 10.9. The number of carbonyl (C=O) groups is 1. The number of rotatable bonds is 6. The fourth-order valence-corrected chi connectivity index (χ4v) is 6.33. The molecular weight excluding hydrogens is 464 g/mol. The third-order valence-corrected chi connectivity index (χ3v) is 8.47. The van der Waals surface area contributed by atoms with Crippen molar-refractivity contribution in [1.29, 1.82) is 0 Å². The molecular formula is C30H42N4O3. The largest absolute Gasteiger partial charge is 0.496 e. The van der Waals surface area contributed by atoms with Crippen molar-refractivity contribution in [2.75, 3.05) is 57.9 Å². The number of carbonyl (C=O) groups excluding carboxylic acids is 1. The third kappa shape index (κ3) is 5.93. The monoisotopic (exact) mass is 506 g/mol. The van der Waals surface area contributed by atoms with Gasteiger partial charge in [0.2, 0.25) is 0 Å². The number of para-hydroxylation sites is 1. The fourth-order valence-electron chi connectivity index (χ4n) is 6.33. The number of aromatic nitrogens is 1. The molecule has 0 radical (unpaired) electrons. The van der Waals surface area contributed by atoms with Crippen LogP contribution in [0.15, 0.2) is 36.4 Å². The zero-order valence-electron chi connectivity index (χ0n) is 22.3. The number of amides is 1. The number of likely N-dealkylation sites (tertiary alicyclic amines) is 2. The van der Waals surface area contributed by atoms with Crippen LogP contribution in [0.5, 0.6) is 5.75 Å². The summed E-state index contributed by atoms with van der Waals surface area (Å²) >= 11 is 0. The Morgan fingerprint density at radius 1 is 0.946 bits per heavy atom. The van der Waals surface area contributed by atoms with Crippen LogP contribution in [-0.2, 0) is 0 Å². The number of methoxy groups -OCH3 is 1. The zero-order valence-corrected chi connectivity index (χ0v) is 22.3. The highest BCUT2D eigenvalue weighted by Gasteiger charge is 2.31. The van der Waals surface area contributed by atoms with E-state index in [4.69, 9.17) is 9.72 Å². The number of ether oxygens (including phenoxy) is 1. The molecule has 0 unspecified atom stereocenters. The van der Waals surface area contributed by atoms with E-state index in [1.165, 1.54) is 19.3 Å². The van der Waals surface area contributed by atoms with Crippen LogP contribution >= 0.6 is 0 Å². The summed E-state index contributed by atoms with van der Waals surface area (Å²) in [5.74, 6) is 2.11. The lowest BCUT2D eigenvalue weighted by Crippen LogP contribution is -2.49. The van der Waals surface area contributed by atoms with Gasteiger partial charge in [-0.1, -0.05) is 25.0 Å². The smallest absolute Gasteiger partial charge is 0.257 e. The quantitative estimate of drug-likeness (QED) is 0.625. The Morgan fingerprint density at radius 2 is 1.70 bits per heavy atom. The van der Waals surface area contributed by atoms with Crippen LogP contribution in [0.2, 0.25) is 0 Å². The second-order valence-electron chi connectivity index (χ2n) is 10.9. The van der Waals surface area contributed by atoms with Crippen molar-refractivity contribution in [2.45, 2.75) is 57.4 Å². The first-order valence-corrected chi connectivity index (χ1v) is 14.2. The first kappa shape index (κ1) is 26.0. The van der Waals surface area contributed by atoms with Crippen LogP contribution in [0.4, 0.5) is 5.82 Å². The molecule has 3 aliphatic heterocycles. The average molecular weight is 507 g/mol. The number of benzene rings is 1. The lowest BCUT2D eigenvalue weighted by molar-refractivity contribution is 0.0758. The average Bonchev–Trinajstić information content (AvgIpc) is 3.26. The molecule has 7 heteroatoms. The molecule has 0 aliphatic carbocycles. The van der Waals surface area contributed by atoms with Crippen LogP contribution in [0.3, 0.4) is 0 Å². The van der Waals surface area contributed by atoms with Crippen molar-refractivity contribution < 1.29 is 14.6 Å². The first-order valence-electron chi connectivity index (χ1n) is 14.2. The summed E-state index contributed by atoms with van der Waals surface area (Å²) in [6, 6.07) is 12.4. The Bertz CT molecular complexity index is 1040. The maximum Gasteiger partial charge on any atom is 0.257 e. The summed E-state index contributed by atoms with van der Waals surface area (Å²) in [7, 11) is 1.68. The predicted octanol–water partition coefficient (Wildman–Crippen LogP) is 4.45. The number of piperidine rings is 2. The van der Waals surface area contributed by atoms with E-state index < -0.39 is 0 Å². The van der Waals surface area contributed by atoms with Gasteiger partial charge in [-0.25, -0.2) is 4.98 Å². The molecule has 5 rings (SSSR count). The lowest BCUT2D eigenvalue weighted by Gasteiger charge is -2.42. The topological polar surface area (TPSA) is 69.1 Å². The summed E-state index contributed by atoms with van der Waals surface area (Å²) in [6.45, 7) is 5.84. The predicted molar refractivity (Wildman–Crippen MR) is 147 cm³/mol. The SMILES string of the molecule is COc1ccccc1-c1ccc(C(=O)N2CCCCCC2)c(N2CCC(N3CCC[C@@H](CO)C3)CC2)n1. The molecule has 4 heterocycles. The van der Waals surface area contributed by atoms with Crippen molar-refractivity contribution in [2.24, 2.45) is 5.92 Å². The summed E-state index contributed by atoms with van der Waals surface area (Å²) in [4.78, 5) is 25.8. The van der Waals surface area contributed by atoms with Crippen LogP contribution in [0.25, 0.3) is 11.3 Å². The van der Waals surface area contributed by atoms with Crippen molar-refractivity contribution in [3.8, 4) is 17.0 Å². The van der Waals surface area contributed by atoms with Gasteiger partial charge in [-0.15, -0.1) is 0 Å². The molecule has 0 saturated carbocycles. The van der Waals surface area contributed by atoms with Crippen molar-refractivity contribution in [3.05, 3.63) is 42.0 Å². The molecule has 3 aliphatic rings. The van der Waals surface area contributed by atoms with Gasteiger partial charge < -0.3 is 19.6 Å². The molecule has 1 N–H and O–H groups in total.